The van der Waals surface area contributed by atoms with E-state index in [1.807, 2.05) is 0 Å². The molecule has 5 nitrogen and oxygen atoms in total. The van der Waals surface area contributed by atoms with Gasteiger partial charge in [-0.15, -0.1) is 0 Å². The zero-order valence-electron chi connectivity index (χ0n) is 11.5. The topological polar surface area (TPSA) is 63.7 Å². The van der Waals surface area contributed by atoms with Crippen molar-refractivity contribution in [2.24, 2.45) is 0 Å². The average molecular weight is 336 g/mol. The second-order valence-corrected chi connectivity index (χ2v) is 7.99. The second-order valence-electron chi connectivity index (χ2n) is 5.08. The molecule has 1 amide bonds. The van der Waals surface area contributed by atoms with Gasteiger partial charge in [0.2, 0.25) is 15.0 Å². The number of anilines is 1. The number of amides is 1. The van der Waals surface area contributed by atoms with Gasteiger partial charge in [0.05, 0.1) is 11.8 Å². The Kier molecular flexibility index (Phi) is 4.43. The number of halogens is 2. The number of carbonyl (C=O) groups is 1. The molecule has 0 saturated carbocycles. The van der Waals surface area contributed by atoms with Crippen molar-refractivity contribution in [2.45, 2.75) is 31.6 Å². The summed E-state index contributed by atoms with van der Waals surface area (Å²) in [6.07, 6.45) is -0.386. The van der Waals surface area contributed by atoms with Crippen LogP contribution in [-0.4, -0.2) is 32.2 Å². The monoisotopic (exact) mass is 335 g/mol. The third-order valence-corrected chi connectivity index (χ3v) is 4.93. The van der Waals surface area contributed by atoms with Crippen molar-refractivity contribution < 1.29 is 22.3 Å². The van der Waals surface area contributed by atoms with Gasteiger partial charge >= 0.3 is 0 Å². The molecular formula is C13H15ClFNO4S. The molecule has 2 rings (SSSR count). The lowest BCUT2D eigenvalue weighted by molar-refractivity contribution is -0.117. The van der Waals surface area contributed by atoms with E-state index in [1.54, 1.807) is 13.8 Å². The van der Waals surface area contributed by atoms with Crippen molar-refractivity contribution in [3.63, 3.8) is 0 Å². The summed E-state index contributed by atoms with van der Waals surface area (Å²) in [6.45, 7) is 3.48. The molecule has 1 aliphatic rings. The molecule has 0 radical (unpaired) electrons. The predicted octanol–water partition coefficient (Wildman–Crippen LogP) is 2.29. The van der Waals surface area contributed by atoms with Crippen LogP contribution in [0.3, 0.4) is 0 Å². The van der Waals surface area contributed by atoms with Gasteiger partial charge in [-0.1, -0.05) is 0 Å². The molecule has 0 bridgehead atoms. The predicted molar refractivity (Wildman–Crippen MR) is 77.7 cm³/mol. The first-order valence-corrected chi connectivity index (χ1v) is 8.75. The Hall–Kier alpha value is -1.34. The van der Waals surface area contributed by atoms with Crippen molar-refractivity contribution in [3.8, 4) is 5.75 Å². The minimum atomic E-state index is -3.85. The molecular weight excluding hydrogens is 321 g/mol. The van der Waals surface area contributed by atoms with E-state index in [-0.39, 0.29) is 24.8 Å². The molecule has 0 spiro atoms. The van der Waals surface area contributed by atoms with Crippen LogP contribution in [0.4, 0.5) is 10.1 Å². The highest BCUT2D eigenvalue weighted by atomic mass is 35.7. The van der Waals surface area contributed by atoms with Crippen molar-refractivity contribution in [1.29, 1.82) is 0 Å². The van der Waals surface area contributed by atoms with E-state index in [0.29, 0.717) is 5.75 Å². The van der Waals surface area contributed by atoms with E-state index in [2.05, 4.69) is 0 Å². The number of rotatable bonds is 4. The molecule has 116 valence electrons. The van der Waals surface area contributed by atoms with Crippen molar-refractivity contribution in [1.82, 2.24) is 0 Å². The average Bonchev–Trinajstić information content (AvgIpc) is 2.73. The lowest BCUT2D eigenvalue weighted by Gasteiger charge is -2.21. The number of carbonyl (C=O) groups excluding carboxylic acids is 1. The van der Waals surface area contributed by atoms with Gasteiger partial charge in [0.15, 0.2) is 0 Å². The third-order valence-electron chi connectivity index (χ3n) is 3.06. The van der Waals surface area contributed by atoms with Crippen LogP contribution in [0.15, 0.2) is 18.2 Å². The molecule has 1 heterocycles. The molecule has 0 N–H and O–H groups in total. The number of hydrogen-bond donors (Lipinski definition) is 0. The zero-order chi connectivity index (χ0) is 15.8. The Morgan fingerprint density at radius 3 is 2.62 bits per heavy atom. The summed E-state index contributed by atoms with van der Waals surface area (Å²) in [6, 6.07) is 3.79. The quantitative estimate of drug-likeness (QED) is 0.792. The molecule has 1 unspecified atom stereocenters. The van der Waals surface area contributed by atoms with Crippen LogP contribution in [0.1, 0.15) is 20.3 Å². The summed E-state index contributed by atoms with van der Waals surface area (Å²) in [7, 11) is 1.45. The molecule has 1 fully saturated rings. The molecule has 1 atom stereocenters. The van der Waals surface area contributed by atoms with E-state index in [0.717, 1.165) is 6.07 Å². The first-order chi connectivity index (χ1) is 9.68. The van der Waals surface area contributed by atoms with E-state index < -0.39 is 26.0 Å². The summed E-state index contributed by atoms with van der Waals surface area (Å²) in [5.74, 6) is -0.637. The lowest BCUT2D eigenvalue weighted by atomic mass is 10.2. The Labute approximate surface area is 127 Å². The Bertz CT molecular complexity index is 662. The highest BCUT2D eigenvalue weighted by molar-refractivity contribution is 8.14. The van der Waals surface area contributed by atoms with Crippen LogP contribution in [0, 0.1) is 5.82 Å². The van der Waals surface area contributed by atoms with E-state index in [9.17, 15) is 17.6 Å². The van der Waals surface area contributed by atoms with Crippen molar-refractivity contribution in [3.05, 3.63) is 24.0 Å². The van der Waals surface area contributed by atoms with Crippen LogP contribution in [0.2, 0.25) is 0 Å². The van der Waals surface area contributed by atoms with Gasteiger partial charge in [0, 0.05) is 29.7 Å². The maximum absolute atomic E-state index is 13.5. The molecule has 21 heavy (non-hydrogen) atoms. The van der Waals surface area contributed by atoms with Crippen LogP contribution < -0.4 is 9.64 Å². The Morgan fingerprint density at radius 1 is 1.43 bits per heavy atom. The second kappa shape index (κ2) is 5.81. The normalized spacial score (nSPS) is 19.4. The Balaban J connectivity index is 2.37. The van der Waals surface area contributed by atoms with Gasteiger partial charge in [-0.3, -0.25) is 4.79 Å². The highest BCUT2D eigenvalue weighted by Crippen LogP contribution is 2.34. The smallest absolute Gasteiger partial charge is 0.237 e. The SMILES string of the molecule is CC(C)Oc1ccc(F)cc1N1CC(S(=O)(=O)Cl)CC1=O. The maximum atomic E-state index is 13.5. The first-order valence-electron chi connectivity index (χ1n) is 6.38. The van der Waals surface area contributed by atoms with E-state index in [1.165, 1.54) is 17.0 Å². The van der Waals surface area contributed by atoms with E-state index in [4.69, 9.17) is 15.4 Å². The molecule has 1 saturated heterocycles. The number of benzene rings is 1. The fraction of sp³-hybridized carbons (Fsp3) is 0.462. The third kappa shape index (κ3) is 3.65. The number of ether oxygens (including phenoxy) is 1. The van der Waals surface area contributed by atoms with Gasteiger partial charge in [-0.25, -0.2) is 12.8 Å². The minimum absolute atomic E-state index is 0.109. The fourth-order valence-electron chi connectivity index (χ4n) is 2.15. The van der Waals surface area contributed by atoms with Crippen LogP contribution in [0.25, 0.3) is 0 Å². The number of nitrogens with zero attached hydrogens (tertiary/aromatic N) is 1. The summed E-state index contributed by atoms with van der Waals surface area (Å²) in [5, 5.41) is -0.998. The van der Waals surface area contributed by atoms with E-state index >= 15 is 0 Å². The molecule has 0 aliphatic carbocycles. The Morgan fingerprint density at radius 2 is 2.10 bits per heavy atom. The molecule has 1 aliphatic heterocycles. The standard InChI is InChI=1S/C13H15ClFNO4S/c1-8(2)20-12-4-3-9(15)5-11(12)16-7-10(6-13(16)17)21(14,18)19/h3-5,8,10H,6-7H2,1-2H3. The summed E-state index contributed by atoms with van der Waals surface area (Å²) >= 11 is 0. The highest BCUT2D eigenvalue weighted by Gasteiger charge is 2.39. The number of hydrogen-bond acceptors (Lipinski definition) is 4. The summed E-state index contributed by atoms with van der Waals surface area (Å²) < 4.78 is 41.7. The zero-order valence-corrected chi connectivity index (χ0v) is 13.1. The molecule has 1 aromatic carbocycles. The minimum Gasteiger partial charge on any atom is -0.489 e. The first kappa shape index (κ1) is 16.0. The van der Waals surface area contributed by atoms with Crippen LogP contribution in [-0.2, 0) is 13.8 Å². The van der Waals surface area contributed by atoms with Gasteiger partial charge in [0.1, 0.15) is 16.8 Å². The van der Waals surface area contributed by atoms with Crippen LogP contribution in [0.5, 0.6) is 5.75 Å². The van der Waals surface area contributed by atoms with Gasteiger partial charge in [-0.2, -0.15) is 0 Å². The largest absolute Gasteiger partial charge is 0.489 e. The van der Waals surface area contributed by atoms with Gasteiger partial charge in [-0.05, 0) is 26.0 Å². The summed E-state index contributed by atoms with van der Waals surface area (Å²) in [4.78, 5) is 13.2. The fourth-order valence-corrected chi connectivity index (χ4v) is 3.18. The lowest BCUT2D eigenvalue weighted by Crippen LogP contribution is -2.27. The van der Waals surface area contributed by atoms with Crippen LogP contribution >= 0.6 is 10.7 Å². The summed E-state index contributed by atoms with van der Waals surface area (Å²) in [5.41, 5.74) is 0.219. The van der Waals surface area contributed by atoms with Gasteiger partial charge < -0.3 is 9.64 Å². The van der Waals surface area contributed by atoms with Gasteiger partial charge in [0.25, 0.3) is 0 Å². The molecule has 1 aromatic rings. The van der Waals surface area contributed by atoms with Crippen molar-refractivity contribution >= 4 is 31.3 Å². The van der Waals surface area contributed by atoms with Crippen molar-refractivity contribution in [2.75, 3.05) is 11.4 Å². The molecule has 0 aromatic heterocycles. The maximum Gasteiger partial charge on any atom is 0.237 e. The molecule has 8 heteroatoms.